The minimum atomic E-state index is -4.43. The summed E-state index contributed by atoms with van der Waals surface area (Å²) in [5.74, 6) is 0.443. The van der Waals surface area contributed by atoms with Gasteiger partial charge in [-0.05, 0) is 66.1 Å². The second-order valence-corrected chi connectivity index (χ2v) is 10.1. The van der Waals surface area contributed by atoms with Gasteiger partial charge in [-0.15, -0.1) is 0 Å². The van der Waals surface area contributed by atoms with Crippen molar-refractivity contribution in [3.05, 3.63) is 113 Å². The van der Waals surface area contributed by atoms with Crippen molar-refractivity contribution in [2.24, 2.45) is 0 Å². The lowest BCUT2D eigenvalue weighted by Gasteiger charge is -2.35. The molecule has 6 nitrogen and oxygen atoms in total. The van der Waals surface area contributed by atoms with Gasteiger partial charge in [0.1, 0.15) is 5.82 Å². The summed E-state index contributed by atoms with van der Waals surface area (Å²) in [6.07, 6.45) is -2.82. The van der Waals surface area contributed by atoms with Crippen LogP contribution in [0.5, 0.6) is 0 Å². The Kier molecular flexibility index (Phi) is 8.04. The molecule has 208 valence electrons. The quantitative estimate of drug-likeness (QED) is 0.293. The van der Waals surface area contributed by atoms with Gasteiger partial charge in [0.2, 0.25) is 0 Å². The van der Waals surface area contributed by atoms with Gasteiger partial charge in [-0.2, -0.15) is 18.4 Å². The minimum Gasteiger partial charge on any atom is -0.354 e. The Labute approximate surface area is 236 Å². The fourth-order valence-electron chi connectivity index (χ4n) is 4.91. The number of nitrogens with one attached hydrogen (secondary N) is 1. The Morgan fingerprint density at radius 2 is 1.73 bits per heavy atom. The first-order valence-corrected chi connectivity index (χ1v) is 13.2. The molecule has 0 atom stereocenters. The van der Waals surface area contributed by atoms with Crippen LogP contribution in [0, 0.1) is 18.3 Å². The number of hydrogen-bond donors (Lipinski definition) is 1. The van der Waals surface area contributed by atoms with Crippen molar-refractivity contribution >= 4 is 17.4 Å². The normalized spacial score (nSPS) is 14.0. The molecule has 5 rings (SSSR count). The second kappa shape index (κ2) is 11.8. The van der Waals surface area contributed by atoms with Gasteiger partial charge in [-0.25, -0.2) is 4.98 Å². The van der Waals surface area contributed by atoms with Crippen LogP contribution in [0.2, 0.25) is 0 Å². The van der Waals surface area contributed by atoms with Crippen LogP contribution in [0.4, 0.5) is 24.7 Å². The number of anilines is 2. The van der Waals surface area contributed by atoms with E-state index in [-0.39, 0.29) is 5.91 Å². The lowest BCUT2D eigenvalue weighted by molar-refractivity contribution is -0.137. The largest absolute Gasteiger partial charge is 0.416 e. The van der Waals surface area contributed by atoms with Crippen molar-refractivity contribution < 1.29 is 18.0 Å². The molecule has 0 radical (unpaired) electrons. The van der Waals surface area contributed by atoms with Crippen LogP contribution in [0.15, 0.2) is 85.1 Å². The molecule has 0 aliphatic carbocycles. The number of piperazine rings is 1. The molecule has 0 spiro atoms. The Balaban J connectivity index is 1.22. The molecule has 1 fully saturated rings. The zero-order chi connectivity index (χ0) is 29.0. The van der Waals surface area contributed by atoms with E-state index < -0.39 is 11.7 Å². The van der Waals surface area contributed by atoms with Crippen molar-refractivity contribution in [1.29, 1.82) is 5.26 Å². The van der Waals surface area contributed by atoms with E-state index in [1.807, 2.05) is 31.2 Å². The summed E-state index contributed by atoms with van der Waals surface area (Å²) in [5, 5.41) is 12.0. The predicted molar refractivity (Wildman–Crippen MR) is 152 cm³/mol. The first-order valence-electron chi connectivity index (χ1n) is 13.2. The second-order valence-electron chi connectivity index (χ2n) is 10.1. The number of hydrogen-bond acceptors (Lipinski definition) is 5. The molecular formula is C32H28F3N5O. The summed E-state index contributed by atoms with van der Waals surface area (Å²) >= 11 is 0. The third-order valence-electron chi connectivity index (χ3n) is 7.11. The number of alkyl halides is 3. The van der Waals surface area contributed by atoms with E-state index in [0.717, 1.165) is 61.8 Å². The topological polar surface area (TPSA) is 72.3 Å². The number of amides is 1. The van der Waals surface area contributed by atoms with E-state index in [0.29, 0.717) is 27.9 Å². The van der Waals surface area contributed by atoms with Gasteiger partial charge in [-0.1, -0.05) is 42.0 Å². The average Bonchev–Trinajstić information content (AvgIpc) is 2.97. The number of rotatable bonds is 6. The van der Waals surface area contributed by atoms with Crippen molar-refractivity contribution in [1.82, 2.24) is 9.88 Å². The van der Waals surface area contributed by atoms with Crippen LogP contribution in [-0.4, -0.2) is 42.0 Å². The molecule has 9 heteroatoms. The fourth-order valence-corrected chi connectivity index (χ4v) is 4.91. The summed E-state index contributed by atoms with van der Waals surface area (Å²) < 4.78 is 39.1. The maximum Gasteiger partial charge on any atom is 0.416 e. The molecule has 0 bridgehead atoms. The summed E-state index contributed by atoms with van der Waals surface area (Å²) in [4.78, 5) is 22.3. The molecule has 3 aromatic carbocycles. The van der Waals surface area contributed by atoms with Gasteiger partial charge in [-0.3, -0.25) is 9.69 Å². The molecule has 1 aliphatic rings. The molecule has 41 heavy (non-hydrogen) atoms. The van der Waals surface area contributed by atoms with Gasteiger partial charge < -0.3 is 10.2 Å². The molecule has 0 unspecified atom stereocenters. The zero-order valence-electron chi connectivity index (χ0n) is 22.4. The molecule has 1 saturated heterocycles. The highest BCUT2D eigenvalue weighted by Crippen LogP contribution is 2.32. The molecule has 1 aliphatic heterocycles. The van der Waals surface area contributed by atoms with Gasteiger partial charge in [0.25, 0.3) is 5.91 Å². The third-order valence-corrected chi connectivity index (χ3v) is 7.11. The van der Waals surface area contributed by atoms with Crippen LogP contribution in [0.25, 0.3) is 11.1 Å². The number of pyridine rings is 1. The average molecular weight is 556 g/mol. The van der Waals surface area contributed by atoms with E-state index in [1.54, 1.807) is 36.5 Å². The number of benzene rings is 3. The lowest BCUT2D eigenvalue weighted by Crippen LogP contribution is -2.46. The molecule has 0 saturated carbocycles. The standard InChI is InChI=1S/C32H28F3N5O/c1-22-5-11-28(29(17-22)25-6-8-26(9-7-25)32(33,34)35)31(41)38-27-10-12-30(37-20-27)40-15-13-39(14-16-40)21-24-4-2-3-23(18-24)19-36/h2-12,17-18,20H,13-16,21H2,1H3,(H,38,41). The molecular weight excluding hydrogens is 527 g/mol. The van der Waals surface area contributed by atoms with Crippen LogP contribution in [0.1, 0.15) is 32.6 Å². The number of carbonyl (C=O) groups excluding carboxylic acids is 1. The van der Waals surface area contributed by atoms with E-state index in [4.69, 9.17) is 5.26 Å². The first-order chi connectivity index (χ1) is 19.7. The Bertz CT molecular complexity index is 1570. The van der Waals surface area contributed by atoms with Crippen LogP contribution in [-0.2, 0) is 12.7 Å². The predicted octanol–water partition coefficient (Wildman–Crippen LogP) is 6.52. The Morgan fingerprint density at radius 1 is 0.976 bits per heavy atom. The van der Waals surface area contributed by atoms with Gasteiger partial charge >= 0.3 is 6.18 Å². The highest BCUT2D eigenvalue weighted by Gasteiger charge is 2.30. The maximum absolute atomic E-state index is 13.2. The van der Waals surface area contributed by atoms with Crippen molar-refractivity contribution in [2.45, 2.75) is 19.6 Å². The van der Waals surface area contributed by atoms with Gasteiger partial charge in [0, 0.05) is 38.3 Å². The van der Waals surface area contributed by atoms with Gasteiger partial charge in [0.15, 0.2) is 0 Å². The van der Waals surface area contributed by atoms with Gasteiger partial charge in [0.05, 0.1) is 29.1 Å². The lowest BCUT2D eigenvalue weighted by atomic mass is 9.96. The number of carbonyl (C=O) groups is 1. The van der Waals surface area contributed by atoms with E-state index in [1.165, 1.54) is 12.1 Å². The molecule has 4 aromatic rings. The number of nitriles is 1. The van der Waals surface area contributed by atoms with Crippen LogP contribution < -0.4 is 10.2 Å². The highest BCUT2D eigenvalue weighted by molar-refractivity contribution is 6.08. The van der Waals surface area contributed by atoms with E-state index in [9.17, 15) is 18.0 Å². The summed E-state index contributed by atoms with van der Waals surface area (Å²) in [6.45, 7) is 5.97. The van der Waals surface area contributed by atoms with Crippen molar-refractivity contribution in [2.75, 3.05) is 36.4 Å². The number of aryl methyl sites for hydroxylation is 1. The van der Waals surface area contributed by atoms with Crippen molar-refractivity contribution in [3.8, 4) is 17.2 Å². The molecule has 2 heterocycles. The molecule has 1 N–H and O–H groups in total. The number of halogens is 3. The van der Waals surface area contributed by atoms with Crippen LogP contribution >= 0.6 is 0 Å². The first kappa shape index (κ1) is 27.9. The fraction of sp³-hybridized carbons (Fsp3) is 0.219. The molecule has 1 aromatic heterocycles. The summed E-state index contributed by atoms with van der Waals surface area (Å²) in [7, 11) is 0. The zero-order valence-corrected chi connectivity index (χ0v) is 22.4. The highest BCUT2D eigenvalue weighted by atomic mass is 19.4. The number of nitrogens with zero attached hydrogens (tertiary/aromatic N) is 4. The molecule has 1 amide bonds. The van der Waals surface area contributed by atoms with E-state index >= 15 is 0 Å². The van der Waals surface area contributed by atoms with Crippen LogP contribution in [0.3, 0.4) is 0 Å². The third kappa shape index (κ3) is 6.73. The maximum atomic E-state index is 13.2. The summed E-state index contributed by atoms with van der Waals surface area (Å²) in [5.41, 5.74) is 3.89. The summed E-state index contributed by atoms with van der Waals surface area (Å²) in [6, 6.07) is 23.6. The monoisotopic (exact) mass is 555 g/mol. The minimum absolute atomic E-state index is 0.357. The van der Waals surface area contributed by atoms with E-state index in [2.05, 4.69) is 26.2 Å². The number of aromatic nitrogens is 1. The smallest absolute Gasteiger partial charge is 0.354 e. The SMILES string of the molecule is Cc1ccc(C(=O)Nc2ccc(N3CCN(Cc4cccc(C#N)c4)CC3)nc2)c(-c2ccc(C(F)(F)F)cc2)c1. The Hall–Kier alpha value is -4.68. The van der Waals surface area contributed by atoms with Crippen molar-refractivity contribution in [3.63, 3.8) is 0 Å². The Morgan fingerprint density at radius 3 is 2.39 bits per heavy atom.